The molecule has 0 spiro atoms. The fraction of sp³-hybridized carbons (Fsp3) is 0.182. The molecule has 7 heteroatoms. The Balaban J connectivity index is 1.99. The van der Waals surface area contributed by atoms with Crippen molar-refractivity contribution in [3.63, 3.8) is 0 Å². The van der Waals surface area contributed by atoms with Crippen LogP contribution in [0, 0.1) is 0 Å². The Bertz CT molecular complexity index is 555. The molecule has 0 fully saturated rings. The molecule has 0 aliphatic carbocycles. The van der Waals surface area contributed by atoms with E-state index in [4.69, 9.17) is 10.5 Å². The van der Waals surface area contributed by atoms with Crippen molar-refractivity contribution < 1.29 is 9.53 Å². The molecule has 94 valence electrons. The zero-order valence-corrected chi connectivity index (χ0v) is 10.5. The van der Waals surface area contributed by atoms with Crippen LogP contribution in [0.5, 0.6) is 5.75 Å². The molecule has 0 saturated heterocycles. The topological polar surface area (TPSA) is 90.1 Å². The minimum absolute atomic E-state index is 0.192. The lowest BCUT2D eigenvalue weighted by atomic mass is 10.2. The van der Waals surface area contributed by atoms with Gasteiger partial charge < -0.3 is 15.8 Å². The van der Waals surface area contributed by atoms with Gasteiger partial charge in [-0.2, -0.15) is 0 Å². The van der Waals surface area contributed by atoms with Gasteiger partial charge in [0.05, 0.1) is 13.7 Å². The fourth-order valence-electron chi connectivity index (χ4n) is 1.36. The highest BCUT2D eigenvalue weighted by atomic mass is 32.1. The maximum absolute atomic E-state index is 11.9. The summed E-state index contributed by atoms with van der Waals surface area (Å²) in [6.07, 6.45) is 0. The lowest BCUT2D eigenvalue weighted by molar-refractivity contribution is 0.0950. The van der Waals surface area contributed by atoms with Crippen LogP contribution in [0.15, 0.2) is 24.3 Å². The van der Waals surface area contributed by atoms with Gasteiger partial charge in [-0.05, 0) is 18.2 Å². The van der Waals surface area contributed by atoms with Crippen molar-refractivity contribution in [2.45, 2.75) is 6.54 Å². The van der Waals surface area contributed by atoms with E-state index < -0.39 is 0 Å². The average Bonchev–Trinajstić information content (AvgIpc) is 2.82. The predicted molar refractivity (Wildman–Crippen MR) is 68.5 cm³/mol. The van der Waals surface area contributed by atoms with Crippen molar-refractivity contribution in [1.29, 1.82) is 0 Å². The molecule has 2 aromatic rings. The van der Waals surface area contributed by atoms with E-state index in [1.54, 1.807) is 31.4 Å². The number of benzene rings is 1. The van der Waals surface area contributed by atoms with Gasteiger partial charge in [0.1, 0.15) is 10.8 Å². The van der Waals surface area contributed by atoms with Gasteiger partial charge in [0.15, 0.2) is 0 Å². The number of anilines is 1. The maximum atomic E-state index is 11.9. The highest BCUT2D eigenvalue weighted by Crippen LogP contribution is 2.13. The van der Waals surface area contributed by atoms with E-state index in [9.17, 15) is 4.79 Å². The molecule has 1 aromatic carbocycles. The molecule has 6 nitrogen and oxygen atoms in total. The third-order valence-corrected chi connectivity index (χ3v) is 2.97. The Labute approximate surface area is 108 Å². The Kier molecular flexibility index (Phi) is 3.73. The van der Waals surface area contributed by atoms with E-state index in [0.717, 1.165) is 0 Å². The van der Waals surface area contributed by atoms with Gasteiger partial charge in [0.2, 0.25) is 5.13 Å². The zero-order valence-electron chi connectivity index (χ0n) is 9.71. The lowest BCUT2D eigenvalue weighted by Gasteiger charge is -2.04. The predicted octanol–water partition coefficient (Wildman–Crippen LogP) is 1.06. The first-order valence-electron chi connectivity index (χ1n) is 5.19. The van der Waals surface area contributed by atoms with Crippen LogP contribution >= 0.6 is 11.3 Å². The second-order valence-electron chi connectivity index (χ2n) is 3.45. The van der Waals surface area contributed by atoms with Crippen molar-refractivity contribution in [1.82, 2.24) is 15.5 Å². The van der Waals surface area contributed by atoms with Crippen LogP contribution in [-0.4, -0.2) is 23.2 Å². The first kappa shape index (κ1) is 12.3. The summed E-state index contributed by atoms with van der Waals surface area (Å²) in [7, 11) is 1.56. The van der Waals surface area contributed by atoms with Gasteiger partial charge in [-0.25, -0.2) is 0 Å². The molecule has 1 amide bonds. The van der Waals surface area contributed by atoms with Gasteiger partial charge in [-0.15, -0.1) is 10.2 Å². The minimum atomic E-state index is -0.192. The Morgan fingerprint density at radius 3 is 3.00 bits per heavy atom. The number of carbonyl (C=O) groups is 1. The molecule has 0 saturated carbocycles. The molecular weight excluding hydrogens is 252 g/mol. The number of nitrogen functional groups attached to an aromatic ring is 1. The molecule has 0 aliphatic rings. The van der Waals surface area contributed by atoms with E-state index in [0.29, 0.717) is 28.0 Å². The number of hydrogen-bond donors (Lipinski definition) is 2. The summed E-state index contributed by atoms with van der Waals surface area (Å²) in [6, 6.07) is 6.93. The van der Waals surface area contributed by atoms with Crippen LogP contribution < -0.4 is 15.8 Å². The third kappa shape index (κ3) is 2.95. The van der Waals surface area contributed by atoms with E-state index in [1.165, 1.54) is 11.3 Å². The lowest BCUT2D eigenvalue weighted by Crippen LogP contribution is -2.22. The summed E-state index contributed by atoms with van der Waals surface area (Å²) in [5.41, 5.74) is 5.98. The van der Waals surface area contributed by atoms with E-state index in [1.807, 2.05) is 0 Å². The fourth-order valence-corrected chi connectivity index (χ4v) is 1.91. The zero-order chi connectivity index (χ0) is 13.0. The van der Waals surface area contributed by atoms with Crippen LogP contribution in [0.4, 0.5) is 5.13 Å². The summed E-state index contributed by atoms with van der Waals surface area (Å²) in [6.45, 7) is 0.310. The summed E-state index contributed by atoms with van der Waals surface area (Å²) in [5, 5.41) is 11.3. The smallest absolute Gasteiger partial charge is 0.251 e. The van der Waals surface area contributed by atoms with Crippen molar-refractivity contribution in [3.05, 3.63) is 34.8 Å². The van der Waals surface area contributed by atoms with Crippen LogP contribution in [0.3, 0.4) is 0 Å². The Hall–Kier alpha value is -2.15. The molecule has 1 aromatic heterocycles. The standard InChI is InChI=1S/C11H12N4O2S/c1-17-8-4-2-3-7(5-8)10(16)13-6-9-14-15-11(12)18-9/h2-5H,6H2,1H3,(H2,12,15)(H,13,16). The highest BCUT2D eigenvalue weighted by molar-refractivity contribution is 7.15. The number of ether oxygens (including phenoxy) is 1. The first-order valence-corrected chi connectivity index (χ1v) is 6.01. The van der Waals surface area contributed by atoms with E-state index in [-0.39, 0.29) is 5.91 Å². The van der Waals surface area contributed by atoms with Crippen molar-refractivity contribution in [3.8, 4) is 5.75 Å². The number of nitrogens with two attached hydrogens (primary N) is 1. The highest BCUT2D eigenvalue weighted by Gasteiger charge is 2.08. The molecule has 0 bridgehead atoms. The van der Waals surface area contributed by atoms with E-state index >= 15 is 0 Å². The van der Waals surface area contributed by atoms with Gasteiger partial charge in [-0.3, -0.25) is 4.79 Å². The minimum Gasteiger partial charge on any atom is -0.497 e. The maximum Gasteiger partial charge on any atom is 0.251 e. The number of rotatable bonds is 4. The molecular formula is C11H12N4O2S. The molecule has 18 heavy (non-hydrogen) atoms. The number of methoxy groups -OCH3 is 1. The molecule has 3 N–H and O–H groups in total. The molecule has 0 atom stereocenters. The average molecular weight is 264 g/mol. The summed E-state index contributed by atoms with van der Waals surface area (Å²) >= 11 is 1.25. The molecule has 1 heterocycles. The number of carbonyl (C=O) groups excluding carboxylic acids is 1. The number of nitrogens with one attached hydrogen (secondary N) is 1. The summed E-state index contributed by atoms with van der Waals surface area (Å²) in [4.78, 5) is 11.9. The van der Waals surface area contributed by atoms with Crippen LogP contribution in [0.25, 0.3) is 0 Å². The molecule has 0 unspecified atom stereocenters. The van der Waals surface area contributed by atoms with Crippen molar-refractivity contribution >= 4 is 22.4 Å². The van der Waals surface area contributed by atoms with Crippen LogP contribution in [0.2, 0.25) is 0 Å². The Morgan fingerprint density at radius 2 is 2.33 bits per heavy atom. The van der Waals surface area contributed by atoms with Crippen molar-refractivity contribution in [2.75, 3.05) is 12.8 Å². The van der Waals surface area contributed by atoms with Gasteiger partial charge in [0.25, 0.3) is 5.91 Å². The number of hydrogen-bond acceptors (Lipinski definition) is 6. The second-order valence-corrected chi connectivity index (χ2v) is 4.54. The van der Waals surface area contributed by atoms with Gasteiger partial charge >= 0.3 is 0 Å². The monoisotopic (exact) mass is 264 g/mol. The van der Waals surface area contributed by atoms with Crippen LogP contribution in [0.1, 0.15) is 15.4 Å². The van der Waals surface area contributed by atoms with E-state index in [2.05, 4.69) is 15.5 Å². The number of aromatic nitrogens is 2. The number of amides is 1. The molecule has 0 aliphatic heterocycles. The quantitative estimate of drug-likeness (QED) is 0.861. The second kappa shape index (κ2) is 5.46. The summed E-state index contributed by atoms with van der Waals surface area (Å²) < 4.78 is 5.05. The van der Waals surface area contributed by atoms with Crippen LogP contribution in [-0.2, 0) is 6.54 Å². The third-order valence-electron chi connectivity index (χ3n) is 2.21. The van der Waals surface area contributed by atoms with Gasteiger partial charge in [0, 0.05) is 5.56 Å². The molecule has 2 rings (SSSR count). The summed E-state index contributed by atoms with van der Waals surface area (Å²) in [5.74, 6) is 0.450. The first-order chi connectivity index (χ1) is 8.69. The molecule has 0 radical (unpaired) electrons. The van der Waals surface area contributed by atoms with Gasteiger partial charge in [-0.1, -0.05) is 17.4 Å². The SMILES string of the molecule is COc1cccc(C(=O)NCc2nnc(N)s2)c1. The largest absolute Gasteiger partial charge is 0.497 e. The normalized spacial score (nSPS) is 10.1. The Morgan fingerprint density at radius 1 is 1.50 bits per heavy atom. The van der Waals surface area contributed by atoms with Crippen molar-refractivity contribution in [2.24, 2.45) is 0 Å². The number of nitrogens with zero attached hydrogens (tertiary/aromatic N) is 2.